The molecule has 1 amide bonds. The molecule has 0 atom stereocenters. The van der Waals surface area contributed by atoms with Gasteiger partial charge in [-0.1, -0.05) is 43.2 Å². The van der Waals surface area contributed by atoms with Crippen LogP contribution in [0.5, 0.6) is 0 Å². The van der Waals surface area contributed by atoms with E-state index < -0.39 is 11.4 Å². The van der Waals surface area contributed by atoms with Crippen LogP contribution in [0.25, 0.3) is 0 Å². The summed E-state index contributed by atoms with van der Waals surface area (Å²) in [5, 5.41) is 25.8. The van der Waals surface area contributed by atoms with Crippen LogP contribution in [0.2, 0.25) is 0 Å². The number of nitrogens with zero attached hydrogens (tertiary/aromatic N) is 2. The highest BCUT2D eigenvalue weighted by molar-refractivity contribution is 8.03. The van der Waals surface area contributed by atoms with E-state index in [0.29, 0.717) is 34.7 Å². The molecular formula is C22H23N5O3S. The molecule has 2 aliphatic rings. The molecule has 8 nitrogen and oxygen atoms in total. The maximum Gasteiger partial charge on any atom is 0.339 e. The first kappa shape index (κ1) is 22.3. The Balaban J connectivity index is 1.80. The molecule has 1 heterocycles. The van der Waals surface area contributed by atoms with Gasteiger partial charge in [-0.25, -0.2) is 4.79 Å². The van der Waals surface area contributed by atoms with Crippen LogP contribution >= 0.6 is 11.8 Å². The Morgan fingerprint density at radius 3 is 2.52 bits per heavy atom. The number of amides is 1. The molecule has 0 unspecified atom stereocenters. The van der Waals surface area contributed by atoms with E-state index >= 15 is 0 Å². The van der Waals surface area contributed by atoms with E-state index in [1.165, 1.54) is 7.11 Å². The second-order valence-corrected chi connectivity index (χ2v) is 8.34. The number of para-hydroxylation sites is 1. The van der Waals surface area contributed by atoms with Gasteiger partial charge in [0.15, 0.2) is 0 Å². The number of nitrogens with one attached hydrogen (secondary N) is 2. The number of methoxy groups -OCH3 is 1. The summed E-state index contributed by atoms with van der Waals surface area (Å²) < 4.78 is 4.74. The van der Waals surface area contributed by atoms with E-state index in [1.807, 2.05) is 0 Å². The lowest BCUT2D eigenvalue weighted by molar-refractivity contribution is -0.113. The normalized spacial score (nSPS) is 17.4. The third-order valence-corrected chi connectivity index (χ3v) is 6.59. The molecule has 1 aromatic rings. The molecule has 0 bridgehead atoms. The molecule has 1 spiro atoms. The van der Waals surface area contributed by atoms with Crippen LogP contribution in [0.15, 0.2) is 46.3 Å². The SMILES string of the molecule is COC(=O)c1ccccc1NC(=O)CSC1=C(C#N)C2(CCCCC2)C(C#N)=C(N)N1. The third kappa shape index (κ3) is 4.37. The molecular weight excluding hydrogens is 414 g/mol. The van der Waals surface area contributed by atoms with Gasteiger partial charge in [-0.15, -0.1) is 0 Å². The molecule has 4 N–H and O–H groups in total. The maximum absolute atomic E-state index is 12.6. The maximum atomic E-state index is 12.6. The molecule has 1 saturated carbocycles. The fraction of sp³-hybridized carbons (Fsp3) is 0.364. The zero-order chi connectivity index (χ0) is 22.4. The van der Waals surface area contributed by atoms with Gasteiger partial charge in [-0.05, 0) is 25.0 Å². The van der Waals surface area contributed by atoms with Crippen molar-refractivity contribution in [3.05, 3.63) is 51.8 Å². The number of hydrogen-bond acceptors (Lipinski definition) is 8. The quantitative estimate of drug-likeness (QED) is 0.597. The van der Waals surface area contributed by atoms with Crippen molar-refractivity contribution in [3.8, 4) is 12.1 Å². The lowest BCUT2D eigenvalue weighted by Gasteiger charge is -2.40. The van der Waals surface area contributed by atoms with Crippen molar-refractivity contribution in [1.82, 2.24) is 5.32 Å². The summed E-state index contributed by atoms with van der Waals surface area (Å²) >= 11 is 1.16. The van der Waals surface area contributed by atoms with Crippen molar-refractivity contribution in [2.75, 3.05) is 18.2 Å². The number of hydrogen-bond donors (Lipinski definition) is 3. The van der Waals surface area contributed by atoms with Gasteiger partial charge in [0.05, 0.1) is 52.4 Å². The van der Waals surface area contributed by atoms with Crippen LogP contribution in [0.1, 0.15) is 42.5 Å². The summed E-state index contributed by atoms with van der Waals surface area (Å²) in [6.07, 6.45) is 4.24. The predicted molar refractivity (Wildman–Crippen MR) is 117 cm³/mol. The fourth-order valence-electron chi connectivity index (χ4n) is 4.14. The standard InChI is InChI=1S/C22H23N5O3S/c1-30-21(29)14-7-3-4-8-17(14)26-18(28)13-31-20-16(12-24)22(9-5-2-6-10-22)15(11-23)19(25)27-20/h3-4,7-8,27H,2,5-6,9-10,13,25H2,1H3,(H,26,28). The summed E-state index contributed by atoms with van der Waals surface area (Å²) in [7, 11) is 1.27. The second-order valence-electron chi connectivity index (χ2n) is 7.36. The van der Waals surface area contributed by atoms with Gasteiger partial charge < -0.3 is 21.1 Å². The largest absolute Gasteiger partial charge is 0.465 e. The minimum absolute atomic E-state index is 0.00569. The van der Waals surface area contributed by atoms with E-state index in [-0.39, 0.29) is 23.0 Å². The first-order valence-corrected chi connectivity index (χ1v) is 10.9. The Labute approximate surface area is 185 Å². The number of rotatable bonds is 5. The minimum Gasteiger partial charge on any atom is -0.465 e. The van der Waals surface area contributed by atoms with Crippen LogP contribution in [0.3, 0.4) is 0 Å². The molecule has 1 fully saturated rings. The monoisotopic (exact) mass is 437 g/mol. The first-order valence-electron chi connectivity index (χ1n) is 9.89. The number of dihydropyridines is 1. The van der Waals surface area contributed by atoms with Crippen LogP contribution in [-0.2, 0) is 9.53 Å². The van der Waals surface area contributed by atoms with Crippen molar-refractivity contribution in [2.24, 2.45) is 11.1 Å². The number of anilines is 1. The van der Waals surface area contributed by atoms with E-state index in [9.17, 15) is 20.1 Å². The van der Waals surface area contributed by atoms with Gasteiger partial charge in [-0.2, -0.15) is 10.5 Å². The highest BCUT2D eigenvalue weighted by atomic mass is 32.2. The fourth-order valence-corrected chi connectivity index (χ4v) is 5.06. The lowest BCUT2D eigenvalue weighted by Crippen LogP contribution is -2.39. The zero-order valence-corrected chi connectivity index (χ0v) is 18.0. The number of carbonyl (C=O) groups excluding carboxylic acids is 2. The average Bonchev–Trinajstić information content (AvgIpc) is 2.78. The smallest absolute Gasteiger partial charge is 0.339 e. The summed E-state index contributed by atoms with van der Waals surface area (Å²) in [6, 6.07) is 11.0. The predicted octanol–water partition coefficient (Wildman–Crippen LogP) is 3.13. The topological polar surface area (TPSA) is 141 Å². The van der Waals surface area contributed by atoms with Crippen molar-refractivity contribution >= 4 is 29.3 Å². The van der Waals surface area contributed by atoms with Crippen LogP contribution in [-0.4, -0.2) is 24.7 Å². The Morgan fingerprint density at radius 2 is 1.87 bits per heavy atom. The van der Waals surface area contributed by atoms with Crippen molar-refractivity contribution in [1.29, 1.82) is 10.5 Å². The second kappa shape index (κ2) is 9.59. The number of esters is 1. The highest BCUT2D eigenvalue weighted by Crippen LogP contribution is 2.51. The molecule has 31 heavy (non-hydrogen) atoms. The molecule has 9 heteroatoms. The molecule has 0 aromatic heterocycles. The molecule has 1 aliphatic heterocycles. The Kier molecular flexibility index (Phi) is 6.88. The first-order chi connectivity index (χ1) is 15.0. The summed E-state index contributed by atoms with van der Waals surface area (Å²) in [5.74, 6) is -0.663. The molecule has 1 aliphatic carbocycles. The van der Waals surface area contributed by atoms with E-state index in [2.05, 4.69) is 22.8 Å². The number of nitrogens with two attached hydrogens (primary N) is 1. The van der Waals surface area contributed by atoms with Gasteiger partial charge >= 0.3 is 5.97 Å². The number of carbonyl (C=O) groups is 2. The number of nitriles is 2. The van der Waals surface area contributed by atoms with Gasteiger partial charge in [0.1, 0.15) is 5.82 Å². The van der Waals surface area contributed by atoms with Crippen molar-refractivity contribution in [3.63, 3.8) is 0 Å². The Hall–Kier alpha value is -3.43. The highest BCUT2D eigenvalue weighted by Gasteiger charge is 2.45. The Morgan fingerprint density at radius 1 is 1.19 bits per heavy atom. The van der Waals surface area contributed by atoms with Crippen molar-refractivity contribution in [2.45, 2.75) is 32.1 Å². The van der Waals surface area contributed by atoms with Gasteiger partial charge in [0, 0.05) is 5.41 Å². The van der Waals surface area contributed by atoms with E-state index in [0.717, 1.165) is 31.0 Å². The van der Waals surface area contributed by atoms with Gasteiger partial charge in [0.25, 0.3) is 0 Å². The van der Waals surface area contributed by atoms with Crippen LogP contribution in [0, 0.1) is 28.1 Å². The summed E-state index contributed by atoms with van der Waals surface area (Å²) in [6.45, 7) is 0. The van der Waals surface area contributed by atoms with Crippen molar-refractivity contribution < 1.29 is 14.3 Å². The number of ether oxygens (including phenoxy) is 1. The van der Waals surface area contributed by atoms with Gasteiger partial charge in [0.2, 0.25) is 5.91 Å². The zero-order valence-electron chi connectivity index (χ0n) is 17.2. The molecule has 3 rings (SSSR count). The minimum atomic E-state index is -0.687. The molecule has 1 aromatic carbocycles. The van der Waals surface area contributed by atoms with E-state index in [1.54, 1.807) is 24.3 Å². The summed E-state index contributed by atoms with van der Waals surface area (Å²) in [5.41, 5.74) is 6.92. The molecule has 0 saturated heterocycles. The number of thioether (sulfide) groups is 1. The number of benzene rings is 1. The van der Waals surface area contributed by atoms with E-state index in [4.69, 9.17) is 10.5 Å². The third-order valence-electron chi connectivity index (χ3n) is 5.59. The van der Waals surface area contributed by atoms with Crippen LogP contribution < -0.4 is 16.4 Å². The van der Waals surface area contributed by atoms with Crippen LogP contribution in [0.4, 0.5) is 5.69 Å². The number of allylic oxidation sites excluding steroid dienone is 2. The summed E-state index contributed by atoms with van der Waals surface area (Å²) in [4.78, 5) is 24.5. The Bertz CT molecular complexity index is 1040. The molecule has 0 radical (unpaired) electrons. The average molecular weight is 438 g/mol. The lowest BCUT2D eigenvalue weighted by atomic mass is 9.64. The molecule has 160 valence electrons. The van der Waals surface area contributed by atoms with Gasteiger partial charge in [-0.3, -0.25) is 4.79 Å².